The zero-order chi connectivity index (χ0) is 20.3. The Hall–Kier alpha value is -2.92. The van der Waals surface area contributed by atoms with Crippen LogP contribution in [-0.2, 0) is 0 Å². The van der Waals surface area contributed by atoms with Crippen LogP contribution in [0.2, 0.25) is 0 Å². The molecule has 2 aromatic rings. The molecule has 5 heteroatoms. The smallest absolute Gasteiger partial charge is 0.185 e. The van der Waals surface area contributed by atoms with Gasteiger partial charge >= 0.3 is 0 Å². The molecule has 28 heavy (non-hydrogen) atoms. The molecule has 1 heterocycles. The number of carbonyl (C=O) groups excluding carboxylic acids is 1. The highest BCUT2D eigenvalue weighted by molar-refractivity contribution is 7.80. The standard InChI is InChI=1S/C23H24N2O2S/c1-16-15-23(2,3)24-22(28)25(16)19-7-5-6-18(14-19)21(26)13-10-17-8-11-20(27-4)12-9-17/h5-15H,1-4H3,(H,24,28)/b13-10+. The Morgan fingerprint density at radius 2 is 1.89 bits per heavy atom. The zero-order valence-corrected chi connectivity index (χ0v) is 17.3. The first-order chi connectivity index (χ1) is 13.3. The van der Waals surface area contributed by atoms with Crippen molar-refractivity contribution in [3.8, 4) is 5.75 Å². The van der Waals surface area contributed by atoms with Gasteiger partial charge < -0.3 is 10.1 Å². The van der Waals surface area contributed by atoms with Crippen LogP contribution in [0, 0.1) is 0 Å². The number of benzene rings is 2. The first-order valence-corrected chi connectivity index (χ1v) is 9.48. The van der Waals surface area contributed by atoms with Gasteiger partial charge in [0.15, 0.2) is 10.9 Å². The topological polar surface area (TPSA) is 41.6 Å². The number of allylic oxidation sites excluding steroid dienone is 2. The third-order valence-electron chi connectivity index (χ3n) is 4.49. The highest BCUT2D eigenvalue weighted by atomic mass is 32.1. The summed E-state index contributed by atoms with van der Waals surface area (Å²) in [6.07, 6.45) is 5.51. The van der Waals surface area contributed by atoms with Crippen molar-refractivity contribution >= 4 is 34.9 Å². The highest BCUT2D eigenvalue weighted by Crippen LogP contribution is 2.26. The third kappa shape index (κ3) is 4.49. The van der Waals surface area contributed by atoms with E-state index in [1.54, 1.807) is 19.3 Å². The van der Waals surface area contributed by atoms with Gasteiger partial charge in [-0.25, -0.2) is 0 Å². The lowest BCUT2D eigenvalue weighted by Crippen LogP contribution is -2.53. The number of thiocarbonyl (C=S) groups is 1. The van der Waals surface area contributed by atoms with Gasteiger partial charge in [-0.3, -0.25) is 9.69 Å². The number of nitrogens with zero attached hydrogens (tertiary/aromatic N) is 1. The van der Waals surface area contributed by atoms with E-state index in [-0.39, 0.29) is 11.3 Å². The normalized spacial score (nSPS) is 15.9. The van der Waals surface area contributed by atoms with Crippen LogP contribution in [0.3, 0.4) is 0 Å². The van der Waals surface area contributed by atoms with Gasteiger partial charge in [-0.1, -0.05) is 30.3 Å². The van der Waals surface area contributed by atoms with Crippen molar-refractivity contribution in [1.82, 2.24) is 5.32 Å². The molecule has 1 aliphatic rings. The Morgan fingerprint density at radius 3 is 2.54 bits per heavy atom. The van der Waals surface area contributed by atoms with E-state index in [4.69, 9.17) is 17.0 Å². The molecule has 0 aromatic heterocycles. The molecule has 0 unspecified atom stereocenters. The first kappa shape index (κ1) is 19.8. The van der Waals surface area contributed by atoms with Gasteiger partial charge in [-0.15, -0.1) is 0 Å². The number of hydrogen-bond acceptors (Lipinski definition) is 3. The Bertz CT molecular complexity index is 959. The molecule has 1 N–H and O–H groups in total. The van der Waals surface area contributed by atoms with Gasteiger partial charge in [0.1, 0.15) is 5.75 Å². The fourth-order valence-electron chi connectivity index (χ4n) is 3.22. The molecule has 0 amide bonds. The number of carbonyl (C=O) groups is 1. The number of methoxy groups -OCH3 is 1. The van der Waals surface area contributed by atoms with Gasteiger partial charge in [0.25, 0.3) is 0 Å². The maximum Gasteiger partial charge on any atom is 0.185 e. The lowest BCUT2D eigenvalue weighted by Gasteiger charge is -2.38. The van der Waals surface area contributed by atoms with E-state index in [2.05, 4.69) is 25.2 Å². The lowest BCUT2D eigenvalue weighted by molar-refractivity contribution is 0.104. The van der Waals surface area contributed by atoms with E-state index >= 15 is 0 Å². The van der Waals surface area contributed by atoms with E-state index < -0.39 is 0 Å². The molecular formula is C23H24N2O2S. The number of anilines is 1. The van der Waals surface area contributed by atoms with E-state index in [1.807, 2.05) is 60.4 Å². The molecule has 0 atom stereocenters. The van der Waals surface area contributed by atoms with Crippen molar-refractivity contribution in [1.29, 1.82) is 0 Å². The van der Waals surface area contributed by atoms with Crippen LogP contribution in [0.15, 0.2) is 66.4 Å². The van der Waals surface area contributed by atoms with Crippen molar-refractivity contribution < 1.29 is 9.53 Å². The summed E-state index contributed by atoms with van der Waals surface area (Å²) in [5.41, 5.74) is 3.26. The fourth-order valence-corrected chi connectivity index (χ4v) is 3.73. The van der Waals surface area contributed by atoms with Crippen LogP contribution in [0.25, 0.3) is 6.08 Å². The first-order valence-electron chi connectivity index (χ1n) is 9.07. The largest absolute Gasteiger partial charge is 0.497 e. The summed E-state index contributed by atoms with van der Waals surface area (Å²) < 4.78 is 5.15. The molecule has 0 saturated carbocycles. The van der Waals surface area contributed by atoms with Crippen molar-refractivity contribution in [3.05, 3.63) is 77.5 Å². The molecule has 0 spiro atoms. The maximum atomic E-state index is 12.6. The number of nitrogens with one attached hydrogen (secondary N) is 1. The average Bonchev–Trinajstić information content (AvgIpc) is 2.65. The molecule has 0 saturated heterocycles. The minimum absolute atomic E-state index is 0.0597. The summed E-state index contributed by atoms with van der Waals surface area (Å²) in [6.45, 7) is 6.17. The van der Waals surface area contributed by atoms with Crippen LogP contribution >= 0.6 is 12.2 Å². The second-order valence-corrected chi connectivity index (χ2v) is 7.68. The molecule has 4 nitrogen and oxygen atoms in total. The minimum atomic E-state index is -0.188. The number of ether oxygens (including phenoxy) is 1. The lowest BCUT2D eigenvalue weighted by atomic mass is 10.0. The predicted octanol–water partition coefficient (Wildman–Crippen LogP) is 4.97. The summed E-state index contributed by atoms with van der Waals surface area (Å²) in [5.74, 6) is 0.726. The van der Waals surface area contributed by atoms with Crippen LogP contribution in [-0.4, -0.2) is 23.5 Å². The van der Waals surface area contributed by atoms with E-state index in [9.17, 15) is 4.79 Å². The molecule has 3 rings (SSSR count). The Morgan fingerprint density at radius 1 is 1.18 bits per heavy atom. The Kier molecular flexibility index (Phi) is 5.66. The Balaban J connectivity index is 1.81. The van der Waals surface area contributed by atoms with Crippen LogP contribution in [0.4, 0.5) is 5.69 Å². The molecule has 1 aliphatic heterocycles. The van der Waals surface area contributed by atoms with Gasteiger partial charge in [-0.2, -0.15) is 0 Å². The summed E-state index contributed by atoms with van der Waals surface area (Å²) in [5, 5.41) is 3.94. The number of hydrogen-bond donors (Lipinski definition) is 1. The van der Waals surface area contributed by atoms with E-state index in [0.29, 0.717) is 10.7 Å². The quantitative estimate of drug-likeness (QED) is 0.442. The van der Waals surface area contributed by atoms with Crippen LogP contribution < -0.4 is 15.0 Å². The van der Waals surface area contributed by atoms with Crippen molar-refractivity contribution in [2.45, 2.75) is 26.3 Å². The van der Waals surface area contributed by atoms with Gasteiger partial charge in [0.05, 0.1) is 12.6 Å². The fraction of sp³-hybridized carbons (Fsp3) is 0.217. The maximum absolute atomic E-state index is 12.6. The predicted molar refractivity (Wildman–Crippen MR) is 119 cm³/mol. The zero-order valence-electron chi connectivity index (χ0n) is 16.5. The van der Waals surface area contributed by atoms with E-state index in [0.717, 1.165) is 22.7 Å². The number of ketones is 1. The molecular weight excluding hydrogens is 368 g/mol. The summed E-state index contributed by atoms with van der Waals surface area (Å²) in [4.78, 5) is 14.6. The molecule has 0 radical (unpaired) electrons. The van der Waals surface area contributed by atoms with Crippen LogP contribution in [0.1, 0.15) is 36.7 Å². The molecule has 0 fully saturated rings. The van der Waals surface area contributed by atoms with Crippen molar-refractivity contribution in [3.63, 3.8) is 0 Å². The number of rotatable bonds is 5. The van der Waals surface area contributed by atoms with Gasteiger partial charge in [0.2, 0.25) is 0 Å². The molecule has 2 aromatic carbocycles. The van der Waals surface area contributed by atoms with Gasteiger partial charge in [-0.05, 0) is 75.0 Å². The monoisotopic (exact) mass is 392 g/mol. The SMILES string of the molecule is COc1ccc(/C=C/C(=O)c2cccc(N3C(=S)NC(C)(C)C=C3C)c2)cc1. The molecule has 0 bridgehead atoms. The summed E-state index contributed by atoms with van der Waals surface area (Å²) >= 11 is 5.54. The van der Waals surface area contributed by atoms with Crippen LogP contribution in [0.5, 0.6) is 5.75 Å². The van der Waals surface area contributed by atoms with Crippen molar-refractivity contribution in [2.24, 2.45) is 0 Å². The highest BCUT2D eigenvalue weighted by Gasteiger charge is 2.27. The molecule has 0 aliphatic carbocycles. The third-order valence-corrected chi connectivity index (χ3v) is 4.77. The second kappa shape index (κ2) is 7.98. The average molecular weight is 393 g/mol. The Labute approximate surface area is 171 Å². The van der Waals surface area contributed by atoms with E-state index in [1.165, 1.54) is 0 Å². The summed E-state index contributed by atoms with van der Waals surface area (Å²) in [7, 11) is 1.63. The summed E-state index contributed by atoms with van der Waals surface area (Å²) in [6, 6.07) is 15.1. The second-order valence-electron chi connectivity index (χ2n) is 7.29. The minimum Gasteiger partial charge on any atom is -0.497 e. The van der Waals surface area contributed by atoms with Crippen molar-refractivity contribution in [2.75, 3.05) is 12.0 Å². The molecule has 144 valence electrons. The van der Waals surface area contributed by atoms with Gasteiger partial charge in [0, 0.05) is 16.9 Å².